The van der Waals surface area contributed by atoms with Crippen molar-refractivity contribution < 1.29 is 19.4 Å². The number of ether oxygens (including phenoxy) is 2. The summed E-state index contributed by atoms with van der Waals surface area (Å²) >= 11 is 0. The number of carbonyl (C=O) groups is 1. The predicted molar refractivity (Wildman–Crippen MR) is 113 cm³/mol. The Balaban J connectivity index is 1.41. The van der Waals surface area contributed by atoms with E-state index < -0.39 is 6.10 Å². The Hall–Kier alpha value is -1.63. The molecule has 2 saturated heterocycles. The minimum atomic E-state index is -0.558. The van der Waals surface area contributed by atoms with Gasteiger partial charge in [0.15, 0.2) is 0 Å². The molecule has 0 saturated carbocycles. The van der Waals surface area contributed by atoms with E-state index in [1.807, 2.05) is 17.9 Å². The number of aliphatic hydroxyl groups excluding tert-OH is 1. The highest BCUT2D eigenvalue weighted by Crippen LogP contribution is 2.27. The van der Waals surface area contributed by atoms with Crippen molar-refractivity contribution in [2.45, 2.75) is 58.2 Å². The second kappa shape index (κ2) is 9.45. The number of rotatable bonds is 6. The van der Waals surface area contributed by atoms with Crippen LogP contribution >= 0.6 is 0 Å². The molecule has 3 rings (SSSR count). The van der Waals surface area contributed by atoms with Crippen LogP contribution < -0.4 is 4.74 Å². The second-order valence-electron chi connectivity index (χ2n) is 9.32. The number of benzene rings is 1. The molecule has 0 spiro atoms. The molecule has 1 aromatic carbocycles. The Morgan fingerprint density at radius 3 is 2.59 bits per heavy atom. The zero-order valence-corrected chi connectivity index (χ0v) is 18.3. The smallest absolute Gasteiger partial charge is 0.251 e. The number of nitrogens with zero attached hydrogens (tertiary/aromatic N) is 2. The first-order valence-electron chi connectivity index (χ1n) is 10.8. The van der Waals surface area contributed by atoms with Gasteiger partial charge in [-0.05, 0) is 42.4 Å². The van der Waals surface area contributed by atoms with Gasteiger partial charge in [0, 0.05) is 39.3 Å². The summed E-state index contributed by atoms with van der Waals surface area (Å²) in [4.78, 5) is 16.5. The Morgan fingerprint density at radius 1 is 1.28 bits per heavy atom. The number of aliphatic hydroxyl groups is 1. The number of hydrogen-bond donors (Lipinski definition) is 1. The van der Waals surface area contributed by atoms with Gasteiger partial charge < -0.3 is 19.5 Å². The molecular formula is C23H36N2O4. The Labute approximate surface area is 174 Å². The maximum atomic E-state index is 12.4. The van der Waals surface area contributed by atoms with E-state index in [2.05, 4.69) is 37.8 Å². The van der Waals surface area contributed by atoms with E-state index in [1.54, 1.807) is 0 Å². The van der Waals surface area contributed by atoms with Crippen LogP contribution in [0.4, 0.5) is 0 Å². The molecule has 2 fully saturated rings. The SMILES string of the molecule is Cc1cc(C(C)(C)C)ccc1OC[C@@H](O)CN1CCN(C(=O)[C@H]2CCCO2)CC1. The molecule has 2 aliphatic rings. The lowest BCUT2D eigenvalue weighted by molar-refractivity contribution is -0.142. The van der Waals surface area contributed by atoms with Crippen LogP contribution in [-0.2, 0) is 14.9 Å². The van der Waals surface area contributed by atoms with Gasteiger partial charge in [-0.3, -0.25) is 9.69 Å². The zero-order valence-electron chi connectivity index (χ0n) is 18.3. The summed E-state index contributed by atoms with van der Waals surface area (Å²) in [5, 5.41) is 10.4. The highest BCUT2D eigenvalue weighted by Gasteiger charge is 2.30. The van der Waals surface area contributed by atoms with Crippen LogP contribution in [0.15, 0.2) is 18.2 Å². The number of piperazine rings is 1. The molecule has 1 N–H and O–H groups in total. The fourth-order valence-corrected chi connectivity index (χ4v) is 3.94. The number of carbonyl (C=O) groups excluding carboxylic acids is 1. The maximum Gasteiger partial charge on any atom is 0.251 e. The molecule has 6 nitrogen and oxygen atoms in total. The summed E-state index contributed by atoms with van der Waals surface area (Å²) in [7, 11) is 0. The molecule has 0 unspecified atom stereocenters. The fourth-order valence-electron chi connectivity index (χ4n) is 3.94. The molecule has 2 atom stereocenters. The minimum absolute atomic E-state index is 0.107. The molecule has 0 aliphatic carbocycles. The minimum Gasteiger partial charge on any atom is -0.491 e. The van der Waals surface area contributed by atoms with Gasteiger partial charge in [-0.1, -0.05) is 32.9 Å². The molecule has 29 heavy (non-hydrogen) atoms. The van der Waals surface area contributed by atoms with E-state index in [0.717, 1.165) is 37.2 Å². The number of β-amino-alcohol motifs (C(OH)–C–C–N with tert-alkyl or cyclic N) is 1. The van der Waals surface area contributed by atoms with Crippen LogP contribution in [0.5, 0.6) is 5.75 Å². The summed E-state index contributed by atoms with van der Waals surface area (Å²) in [6.07, 6.45) is 1.01. The first kappa shape index (κ1) is 22.1. The van der Waals surface area contributed by atoms with Crippen LogP contribution in [0.1, 0.15) is 44.7 Å². The van der Waals surface area contributed by atoms with Crippen LogP contribution in [0.2, 0.25) is 0 Å². The lowest BCUT2D eigenvalue weighted by Crippen LogP contribution is -2.53. The third kappa shape index (κ3) is 5.93. The highest BCUT2D eigenvalue weighted by atomic mass is 16.5. The lowest BCUT2D eigenvalue weighted by atomic mass is 9.86. The molecule has 6 heteroatoms. The molecule has 2 aliphatic heterocycles. The van der Waals surface area contributed by atoms with Crippen LogP contribution in [0.3, 0.4) is 0 Å². The van der Waals surface area contributed by atoms with Crippen molar-refractivity contribution in [3.8, 4) is 5.75 Å². The largest absolute Gasteiger partial charge is 0.491 e. The molecular weight excluding hydrogens is 368 g/mol. The van der Waals surface area contributed by atoms with Gasteiger partial charge in [-0.15, -0.1) is 0 Å². The second-order valence-corrected chi connectivity index (χ2v) is 9.32. The van der Waals surface area contributed by atoms with Gasteiger partial charge >= 0.3 is 0 Å². The van der Waals surface area contributed by atoms with E-state index in [1.165, 1.54) is 5.56 Å². The summed E-state index contributed by atoms with van der Waals surface area (Å²) in [5.41, 5.74) is 2.47. The van der Waals surface area contributed by atoms with Gasteiger partial charge in [0.1, 0.15) is 24.6 Å². The average molecular weight is 405 g/mol. The van der Waals surface area contributed by atoms with E-state index in [4.69, 9.17) is 9.47 Å². The van der Waals surface area contributed by atoms with Gasteiger partial charge in [0.25, 0.3) is 5.91 Å². The van der Waals surface area contributed by atoms with Gasteiger partial charge in [0.05, 0.1) is 0 Å². The summed E-state index contributed by atoms with van der Waals surface area (Å²) in [6, 6.07) is 6.25. The van der Waals surface area contributed by atoms with Crippen molar-refractivity contribution in [3.05, 3.63) is 29.3 Å². The Bertz CT molecular complexity index is 687. The predicted octanol–water partition coefficient (Wildman–Crippen LogP) is 2.36. The fraction of sp³-hybridized carbons (Fsp3) is 0.696. The van der Waals surface area contributed by atoms with Crippen molar-refractivity contribution >= 4 is 5.91 Å². The van der Waals surface area contributed by atoms with Crippen molar-refractivity contribution in [1.82, 2.24) is 9.80 Å². The number of amides is 1. The van der Waals surface area contributed by atoms with Gasteiger partial charge in [0.2, 0.25) is 0 Å². The van der Waals surface area contributed by atoms with E-state index in [9.17, 15) is 9.90 Å². The molecule has 1 amide bonds. The van der Waals surface area contributed by atoms with Gasteiger partial charge in [-0.2, -0.15) is 0 Å². The lowest BCUT2D eigenvalue weighted by Gasteiger charge is -2.36. The number of aryl methyl sites for hydroxylation is 1. The van der Waals surface area contributed by atoms with Crippen molar-refractivity contribution in [3.63, 3.8) is 0 Å². The highest BCUT2D eigenvalue weighted by molar-refractivity contribution is 5.81. The Kier molecular flexibility index (Phi) is 7.19. The quantitative estimate of drug-likeness (QED) is 0.789. The van der Waals surface area contributed by atoms with Crippen molar-refractivity contribution in [2.24, 2.45) is 0 Å². The van der Waals surface area contributed by atoms with E-state index in [-0.39, 0.29) is 24.0 Å². The monoisotopic (exact) mass is 404 g/mol. The third-order valence-corrected chi connectivity index (χ3v) is 5.83. The van der Waals surface area contributed by atoms with Crippen LogP contribution in [-0.4, -0.2) is 79.0 Å². The summed E-state index contributed by atoms with van der Waals surface area (Å²) < 4.78 is 11.4. The maximum absolute atomic E-state index is 12.4. The number of hydrogen-bond acceptors (Lipinski definition) is 5. The standard InChI is InChI=1S/C23H36N2O4/c1-17-14-18(23(2,3)4)7-8-20(17)29-16-19(26)15-24-9-11-25(12-10-24)22(27)21-6-5-13-28-21/h7-8,14,19,21,26H,5-6,9-13,15-16H2,1-4H3/t19-,21+/m0/s1. The van der Waals surface area contributed by atoms with Crippen LogP contribution in [0, 0.1) is 6.92 Å². The zero-order chi connectivity index (χ0) is 21.0. The topological polar surface area (TPSA) is 62.2 Å². The molecule has 0 bridgehead atoms. The summed E-state index contributed by atoms with van der Waals surface area (Å²) in [5.74, 6) is 0.948. The first-order valence-corrected chi connectivity index (χ1v) is 10.8. The molecule has 0 radical (unpaired) electrons. The van der Waals surface area contributed by atoms with Crippen LogP contribution in [0.25, 0.3) is 0 Å². The molecule has 1 aromatic rings. The molecule has 2 heterocycles. The normalized spacial score (nSPS) is 22.0. The third-order valence-electron chi connectivity index (χ3n) is 5.83. The first-order chi connectivity index (χ1) is 13.7. The molecule has 0 aromatic heterocycles. The van der Waals surface area contributed by atoms with E-state index in [0.29, 0.717) is 26.2 Å². The van der Waals surface area contributed by atoms with Gasteiger partial charge in [-0.25, -0.2) is 0 Å². The summed E-state index contributed by atoms with van der Waals surface area (Å²) in [6.45, 7) is 13.1. The molecule has 162 valence electrons. The van der Waals surface area contributed by atoms with Crippen molar-refractivity contribution in [2.75, 3.05) is 45.9 Å². The van der Waals surface area contributed by atoms with E-state index >= 15 is 0 Å². The Morgan fingerprint density at radius 2 is 2.00 bits per heavy atom. The van der Waals surface area contributed by atoms with Crippen molar-refractivity contribution in [1.29, 1.82) is 0 Å². The average Bonchev–Trinajstić information content (AvgIpc) is 3.21.